The van der Waals surface area contributed by atoms with Crippen molar-refractivity contribution in [1.29, 1.82) is 0 Å². The second-order valence-corrected chi connectivity index (χ2v) is 7.02. The number of amides is 2. The minimum Gasteiger partial charge on any atom is -0.350 e. The van der Waals surface area contributed by atoms with Crippen LogP contribution < -0.4 is 10.6 Å². The van der Waals surface area contributed by atoms with Crippen LogP contribution >= 0.6 is 0 Å². The van der Waals surface area contributed by atoms with E-state index >= 15 is 0 Å². The number of aromatic nitrogens is 2. The molecule has 0 saturated heterocycles. The van der Waals surface area contributed by atoms with E-state index in [0.29, 0.717) is 12.1 Å². The SMILES string of the molecule is O=C(NC(C(=O)NCc1ccc(-n2cccn2)cc1)c1ccccc1)c1ccccc1. The van der Waals surface area contributed by atoms with Crippen LogP contribution in [0.5, 0.6) is 0 Å². The summed E-state index contributed by atoms with van der Waals surface area (Å²) in [4.78, 5) is 25.7. The van der Waals surface area contributed by atoms with Crippen LogP contribution in [0.15, 0.2) is 103 Å². The first-order chi connectivity index (χ1) is 15.2. The van der Waals surface area contributed by atoms with Gasteiger partial charge in [-0.05, 0) is 41.5 Å². The Balaban J connectivity index is 1.45. The molecule has 0 spiro atoms. The van der Waals surface area contributed by atoms with Gasteiger partial charge in [0.2, 0.25) is 5.91 Å². The first kappa shape index (κ1) is 20.1. The van der Waals surface area contributed by atoms with Crippen molar-refractivity contribution in [3.8, 4) is 5.69 Å². The summed E-state index contributed by atoms with van der Waals surface area (Å²) < 4.78 is 1.77. The third-order valence-corrected chi connectivity index (χ3v) is 4.88. The van der Waals surface area contributed by atoms with E-state index in [1.54, 1.807) is 35.1 Å². The Morgan fingerprint density at radius 3 is 2.16 bits per heavy atom. The molecule has 6 heteroatoms. The number of carbonyl (C=O) groups excluding carboxylic acids is 2. The number of rotatable bonds is 7. The number of hydrogen-bond donors (Lipinski definition) is 2. The van der Waals surface area contributed by atoms with Crippen molar-refractivity contribution < 1.29 is 9.59 Å². The van der Waals surface area contributed by atoms with Crippen molar-refractivity contribution in [3.63, 3.8) is 0 Å². The Kier molecular flexibility index (Phi) is 6.18. The zero-order valence-electron chi connectivity index (χ0n) is 16.8. The number of nitrogens with zero attached hydrogens (tertiary/aromatic N) is 2. The topological polar surface area (TPSA) is 76.0 Å². The van der Waals surface area contributed by atoms with Crippen molar-refractivity contribution >= 4 is 11.8 Å². The quantitative estimate of drug-likeness (QED) is 0.488. The fourth-order valence-electron chi connectivity index (χ4n) is 3.23. The van der Waals surface area contributed by atoms with Crippen molar-refractivity contribution in [2.75, 3.05) is 0 Å². The van der Waals surface area contributed by atoms with Gasteiger partial charge in [0, 0.05) is 24.5 Å². The van der Waals surface area contributed by atoms with Crippen LogP contribution in [0.4, 0.5) is 0 Å². The maximum absolute atomic E-state index is 13.0. The fraction of sp³-hybridized carbons (Fsp3) is 0.0800. The molecule has 1 aromatic heterocycles. The lowest BCUT2D eigenvalue weighted by atomic mass is 10.0. The first-order valence-corrected chi connectivity index (χ1v) is 9.98. The van der Waals surface area contributed by atoms with Gasteiger partial charge in [0.15, 0.2) is 0 Å². The predicted molar refractivity (Wildman–Crippen MR) is 119 cm³/mol. The molecule has 4 aromatic rings. The predicted octanol–water partition coefficient (Wildman–Crippen LogP) is 3.66. The van der Waals surface area contributed by atoms with Gasteiger partial charge < -0.3 is 10.6 Å². The zero-order chi connectivity index (χ0) is 21.5. The molecule has 0 aliphatic rings. The molecule has 0 bridgehead atoms. The number of benzene rings is 3. The molecule has 1 atom stereocenters. The minimum absolute atomic E-state index is 0.272. The van der Waals surface area contributed by atoms with E-state index in [0.717, 1.165) is 16.8 Å². The third-order valence-electron chi connectivity index (χ3n) is 4.88. The summed E-state index contributed by atoms with van der Waals surface area (Å²) >= 11 is 0. The van der Waals surface area contributed by atoms with Crippen LogP contribution in [0.2, 0.25) is 0 Å². The standard InChI is InChI=1S/C25H22N4O2/c30-24(21-10-5-2-6-11-21)28-23(20-8-3-1-4-9-20)25(31)26-18-19-12-14-22(15-13-19)29-17-7-16-27-29/h1-17,23H,18H2,(H,26,31)(H,28,30). The average Bonchev–Trinajstić information content (AvgIpc) is 3.37. The Hall–Kier alpha value is -4.19. The molecule has 1 heterocycles. The lowest BCUT2D eigenvalue weighted by Crippen LogP contribution is -2.40. The Labute approximate surface area is 180 Å². The highest BCUT2D eigenvalue weighted by molar-refractivity contribution is 5.97. The average molecular weight is 410 g/mol. The van der Waals surface area contributed by atoms with E-state index < -0.39 is 6.04 Å². The molecular formula is C25H22N4O2. The highest BCUT2D eigenvalue weighted by Gasteiger charge is 2.23. The van der Waals surface area contributed by atoms with Crippen molar-refractivity contribution in [2.24, 2.45) is 0 Å². The van der Waals surface area contributed by atoms with Crippen LogP contribution in [0.1, 0.15) is 27.5 Å². The molecule has 0 fully saturated rings. The second-order valence-electron chi connectivity index (χ2n) is 7.02. The third kappa shape index (κ3) is 5.05. The molecule has 154 valence electrons. The lowest BCUT2D eigenvalue weighted by Gasteiger charge is -2.19. The van der Waals surface area contributed by atoms with Gasteiger partial charge in [0.25, 0.3) is 5.91 Å². The van der Waals surface area contributed by atoms with E-state index in [1.807, 2.05) is 72.9 Å². The smallest absolute Gasteiger partial charge is 0.252 e. The number of nitrogens with one attached hydrogen (secondary N) is 2. The molecular weight excluding hydrogens is 388 g/mol. The van der Waals surface area contributed by atoms with Crippen molar-refractivity contribution in [3.05, 3.63) is 120 Å². The maximum Gasteiger partial charge on any atom is 0.252 e. The molecule has 0 aliphatic carbocycles. The fourth-order valence-corrected chi connectivity index (χ4v) is 3.23. The molecule has 0 aliphatic heterocycles. The molecule has 6 nitrogen and oxygen atoms in total. The van der Waals surface area contributed by atoms with Gasteiger partial charge in [-0.1, -0.05) is 60.7 Å². The van der Waals surface area contributed by atoms with Crippen LogP contribution in [0, 0.1) is 0 Å². The summed E-state index contributed by atoms with van der Waals surface area (Å²) in [6.07, 6.45) is 3.60. The highest BCUT2D eigenvalue weighted by Crippen LogP contribution is 2.15. The highest BCUT2D eigenvalue weighted by atomic mass is 16.2. The van der Waals surface area contributed by atoms with E-state index in [-0.39, 0.29) is 11.8 Å². The van der Waals surface area contributed by atoms with Gasteiger partial charge in [-0.25, -0.2) is 4.68 Å². The van der Waals surface area contributed by atoms with Crippen LogP contribution in [0.25, 0.3) is 5.69 Å². The van der Waals surface area contributed by atoms with Crippen LogP contribution in [-0.4, -0.2) is 21.6 Å². The van der Waals surface area contributed by atoms with Crippen LogP contribution in [-0.2, 0) is 11.3 Å². The Bertz CT molecular complexity index is 1130. The Morgan fingerprint density at radius 2 is 1.52 bits per heavy atom. The largest absolute Gasteiger partial charge is 0.350 e. The van der Waals surface area contributed by atoms with Gasteiger partial charge in [0.05, 0.1) is 5.69 Å². The van der Waals surface area contributed by atoms with Crippen molar-refractivity contribution in [1.82, 2.24) is 20.4 Å². The van der Waals surface area contributed by atoms with Crippen LogP contribution in [0.3, 0.4) is 0 Å². The van der Waals surface area contributed by atoms with E-state index in [9.17, 15) is 9.59 Å². The van der Waals surface area contributed by atoms with E-state index in [1.165, 1.54) is 0 Å². The summed E-state index contributed by atoms with van der Waals surface area (Å²) in [7, 11) is 0. The summed E-state index contributed by atoms with van der Waals surface area (Å²) in [5, 5.41) is 9.99. The van der Waals surface area contributed by atoms with Gasteiger partial charge in [0.1, 0.15) is 6.04 Å². The molecule has 1 unspecified atom stereocenters. The summed E-state index contributed by atoms with van der Waals surface area (Å²) in [6, 6.07) is 26.9. The van der Waals surface area contributed by atoms with Gasteiger partial charge in [-0.15, -0.1) is 0 Å². The molecule has 2 N–H and O–H groups in total. The molecule has 3 aromatic carbocycles. The molecule has 0 radical (unpaired) electrons. The lowest BCUT2D eigenvalue weighted by molar-refractivity contribution is -0.123. The number of hydrogen-bond acceptors (Lipinski definition) is 3. The number of carbonyl (C=O) groups is 2. The molecule has 31 heavy (non-hydrogen) atoms. The summed E-state index contributed by atoms with van der Waals surface area (Å²) in [6.45, 7) is 0.350. The molecule has 2 amide bonds. The van der Waals surface area contributed by atoms with Crippen molar-refractivity contribution in [2.45, 2.75) is 12.6 Å². The molecule has 0 saturated carbocycles. The summed E-state index contributed by atoms with van der Waals surface area (Å²) in [5.41, 5.74) is 3.12. The van der Waals surface area contributed by atoms with E-state index in [2.05, 4.69) is 15.7 Å². The van der Waals surface area contributed by atoms with Gasteiger partial charge in [-0.2, -0.15) is 5.10 Å². The summed E-state index contributed by atoms with van der Waals surface area (Å²) in [5.74, 6) is -0.570. The van der Waals surface area contributed by atoms with Gasteiger partial charge >= 0.3 is 0 Å². The monoisotopic (exact) mass is 410 g/mol. The van der Waals surface area contributed by atoms with E-state index in [4.69, 9.17) is 0 Å². The van der Waals surface area contributed by atoms with Gasteiger partial charge in [-0.3, -0.25) is 9.59 Å². The minimum atomic E-state index is -0.794. The normalized spacial score (nSPS) is 11.5. The first-order valence-electron chi connectivity index (χ1n) is 9.98. The Morgan fingerprint density at radius 1 is 0.839 bits per heavy atom. The second kappa shape index (κ2) is 9.54. The zero-order valence-corrected chi connectivity index (χ0v) is 16.8. The molecule has 4 rings (SSSR count). The maximum atomic E-state index is 13.0.